The van der Waals surface area contributed by atoms with Crippen molar-refractivity contribution in [1.82, 2.24) is 4.90 Å². The second kappa shape index (κ2) is 4.20. The monoisotopic (exact) mass is 251 g/mol. The first-order valence-electron chi connectivity index (χ1n) is 7.36. The summed E-state index contributed by atoms with van der Waals surface area (Å²) in [5.41, 5.74) is 11.4. The van der Waals surface area contributed by atoms with E-state index < -0.39 is 5.54 Å². The van der Waals surface area contributed by atoms with Crippen LogP contribution in [0.5, 0.6) is 0 Å². The van der Waals surface area contributed by atoms with Gasteiger partial charge in [-0.05, 0) is 50.5 Å². The topological polar surface area (TPSA) is 72.3 Å². The number of rotatable bonds is 2. The van der Waals surface area contributed by atoms with E-state index in [1.54, 1.807) is 0 Å². The molecule has 4 N–H and O–H groups in total. The van der Waals surface area contributed by atoms with E-state index in [4.69, 9.17) is 11.5 Å². The number of hydrogen-bond acceptors (Lipinski definition) is 3. The molecule has 1 aliphatic heterocycles. The predicted molar refractivity (Wildman–Crippen MR) is 70.8 cm³/mol. The van der Waals surface area contributed by atoms with Crippen molar-refractivity contribution < 1.29 is 4.79 Å². The average Bonchev–Trinajstić information content (AvgIpc) is 3.02. The molecule has 18 heavy (non-hydrogen) atoms. The number of nitrogens with zero attached hydrogens (tertiary/aromatic N) is 1. The first-order chi connectivity index (χ1) is 8.53. The van der Waals surface area contributed by atoms with Crippen LogP contribution in [-0.4, -0.2) is 35.5 Å². The smallest absolute Gasteiger partial charge is 0.237 e. The zero-order valence-electron chi connectivity index (χ0n) is 11.2. The molecule has 1 amide bonds. The van der Waals surface area contributed by atoms with E-state index in [1.807, 2.05) is 0 Å². The van der Waals surface area contributed by atoms with Crippen LogP contribution in [0, 0.1) is 5.41 Å². The Kier molecular flexibility index (Phi) is 2.90. The third kappa shape index (κ3) is 1.95. The molecule has 2 saturated carbocycles. The van der Waals surface area contributed by atoms with Gasteiger partial charge < -0.3 is 11.5 Å². The molecule has 4 heteroatoms. The van der Waals surface area contributed by atoms with Gasteiger partial charge in [0.05, 0.1) is 5.54 Å². The van der Waals surface area contributed by atoms with Crippen molar-refractivity contribution in [2.45, 2.75) is 62.9 Å². The molecule has 4 nitrogen and oxygen atoms in total. The fourth-order valence-corrected chi connectivity index (χ4v) is 4.40. The lowest BCUT2D eigenvalue weighted by atomic mass is 9.85. The minimum absolute atomic E-state index is 0.320. The molecule has 1 heterocycles. The summed E-state index contributed by atoms with van der Waals surface area (Å²) in [5, 5.41) is 0. The largest absolute Gasteiger partial charge is 0.368 e. The number of likely N-dealkylation sites (tertiary alicyclic amines) is 1. The highest BCUT2D eigenvalue weighted by molar-refractivity contribution is 5.84. The summed E-state index contributed by atoms with van der Waals surface area (Å²) in [7, 11) is 0. The van der Waals surface area contributed by atoms with E-state index >= 15 is 0 Å². The van der Waals surface area contributed by atoms with Crippen molar-refractivity contribution in [3.05, 3.63) is 0 Å². The van der Waals surface area contributed by atoms with Gasteiger partial charge in [0.1, 0.15) is 0 Å². The van der Waals surface area contributed by atoms with Gasteiger partial charge in [0.25, 0.3) is 0 Å². The predicted octanol–water partition coefficient (Wildman–Crippen LogP) is 0.988. The van der Waals surface area contributed by atoms with Crippen LogP contribution in [-0.2, 0) is 4.79 Å². The SMILES string of the molecule is NC(=O)C1(N)CCC(N2CCC3(CCCC3)C2)C1. The van der Waals surface area contributed by atoms with Crippen molar-refractivity contribution in [3.63, 3.8) is 0 Å². The van der Waals surface area contributed by atoms with Gasteiger partial charge in [-0.3, -0.25) is 9.69 Å². The lowest BCUT2D eigenvalue weighted by molar-refractivity contribution is -0.123. The number of amides is 1. The summed E-state index contributed by atoms with van der Waals surface area (Å²) in [6, 6.07) is 0.488. The van der Waals surface area contributed by atoms with Crippen molar-refractivity contribution in [3.8, 4) is 0 Å². The number of carbonyl (C=O) groups excluding carboxylic acids is 1. The van der Waals surface area contributed by atoms with Crippen LogP contribution in [0.3, 0.4) is 0 Å². The quantitative estimate of drug-likeness (QED) is 0.768. The second-order valence-electron chi connectivity index (χ2n) is 6.84. The van der Waals surface area contributed by atoms with Gasteiger partial charge in [-0.25, -0.2) is 0 Å². The molecule has 2 atom stereocenters. The molecule has 0 aromatic carbocycles. The standard InChI is InChI=1S/C14H25N3O/c15-12(18)14(16)6-3-11(9-14)17-8-7-13(10-17)4-1-2-5-13/h11H,1-10,16H2,(H2,15,18). The Morgan fingerprint density at radius 3 is 2.50 bits per heavy atom. The van der Waals surface area contributed by atoms with E-state index in [-0.39, 0.29) is 5.91 Å². The minimum atomic E-state index is -0.740. The van der Waals surface area contributed by atoms with Crippen LogP contribution in [0.15, 0.2) is 0 Å². The molecule has 0 radical (unpaired) electrons. The summed E-state index contributed by atoms with van der Waals surface area (Å²) in [6.07, 6.45) is 9.52. The Hall–Kier alpha value is -0.610. The molecule has 1 spiro atoms. The fraction of sp³-hybridized carbons (Fsp3) is 0.929. The Bertz CT molecular complexity index is 351. The normalized spacial score (nSPS) is 39.7. The highest BCUT2D eigenvalue weighted by Crippen LogP contribution is 2.47. The van der Waals surface area contributed by atoms with Crippen LogP contribution in [0.1, 0.15) is 51.4 Å². The summed E-state index contributed by atoms with van der Waals surface area (Å²) in [6.45, 7) is 2.42. The highest BCUT2D eigenvalue weighted by atomic mass is 16.1. The molecule has 0 aromatic rings. The molecular weight excluding hydrogens is 226 g/mol. The van der Waals surface area contributed by atoms with Crippen LogP contribution in [0.2, 0.25) is 0 Å². The van der Waals surface area contributed by atoms with Crippen LogP contribution in [0.25, 0.3) is 0 Å². The first kappa shape index (κ1) is 12.4. The zero-order chi connectivity index (χ0) is 12.8. The van der Waals surface area contributed by atoms with Gasteiger partial charge in [0.2, 0.25) is 5.91 Å². The van der Waals surface area contributed by atoms with Crippen LogP contribution >= 0.6 is 0 Å². The fourth-order valence-electron chi connectivity index (χ4n) is 4.40. The third-order valence-corrected chi connectivity index (χ3v) is 5.66. The van der Waals surface area contributed by atoms with Gasteiger partial charge >= 0.3 is 0 Å². The summed E-state index contributed by atoms with van der Waals surface area (Å²) in [5.74, 6) is -0.320. The van der Waals surface area contributed by atoms with E-state index in [1.165, 1.54) is 45.2 Å². The molecule has 2 unspecified atom stereocenters. The Balaban J connectivity index is 1.63. The average molecular weight is 251 g/mol. The maximum Gasteiger partial charge on any atom is 0.237 e. The maximum absolute atomic E-state index is 11.4. The Labute approximate surface area is 109 Å². The maximum atomic E-state index is 11.4. The number of primary amides is 1. The second-order valence-corrected chi connectivity index (χ2v) is 6.84. The lowest BCUT2D eigenvalue weighted by Crippen LogP contribution is -2.51. The van der Waals surface area contributed by atoms with E-state index in [2.05, 4.69) is 4.90 Å². The zero-order valence-corrected chi connectivity index (χ0v) is 11.2. The van der Waals surface area contributed by atoms with Gasteiger partial charge in [0.15, 0.2) is 0 Å². The van der Waals surface area contributed by atoms with Gasteiger partial charge in [0, 0.05) is 12.6 Å². The molecule has 0 bridgehead atoms. The number of hydrogen-bond donors (Lipinski definition) is 2. The molecule has 1 saturated heterocycles. The number of carbonyl (C=O) groups is 1. The Morgan fingerprint density at radius 2 is 1.89 bits per heavy atom. The lowest BCUT2D eigenvalue weighted by Gasteiger charge is -2.28. The Morgan fingerprint density at radius 1 is 1.17 bits per heavy atom. The minimum Gasteiger partial charge on any atom is -0.368 e. The molecule has 3 rings (SSSR count). The molecule has 2 aliphatic carbocycles. The van der Waals surface area contributed by atoms with Gasteiger partial charge in [-0.1, -0.05) is 12.8 Å². The van der Waals surface area contributed by atoms with Crippen molar-refractivity contribution in [1.29, 1.82) is 0 Å². The van der Waals surface area contributed by atoms with Crippen molar-refractivity contribution >= 4 is 5.91 Å². The highest BCUT2D eigenvalue weighted by Gasteiger charge is 2.47. The first-order valence-corrected chi connectivity index (χ1v) is 7.36. The molecular formula is C14H25N3O. The molecule has 0 aromatic heterocycles. The van der Waals surface area contributed by atoms with Crippen LogP contribution in [0.4, 0.5) is 0 Å². The van der Waals surface area contributed by atoms with Gasteiger partial charge in [-0.2, -0.15) is 0 Å². The third-order valence-electron chi connectivity index (χ3n) is 5.66. The van der Waals surface area contributed by atoms with E-state index in [0.717, 1.165) is 19.3 Å². The van der Waals surface area contributed by atoms with Crippen molar-refractivity contribution in [2.24, 2.45) is 16.9 Å². The van der Waals surface area contributed by atoms with Crippen LogP contribution < -0.4 is 11.5 Å². The summed E-state index contributed by atoms with van der Waals surface area (Å²) in [4.78, 5) is 14.0. The molecule has 3 aliphatic rings. The van der Waals surface area contributed by atoms with E-state index in [0.29, 0.717) is 11.5 Å². The molecule has 102 valence electrons. The van der Waals surface area contributed by atoms with Gasteiger partial charge in [-0.15, -0.1) is 0 Å². The summed E-state index contributed by atoms with van der Waals surface area (Å²) >= 11 is 0. The van der Waals surface area contributed by atoms with Crippen molar-refractivity contribution in [2.75, 3.05) is 13.1 Å². The summed E-state index contributed by atoms with van der Waals surface area (Å²) < 4.78 is 0. The van der Waals surface area contributed by atoms with E-state index in [9.17, 15) is 4.79 Å². The number of nitrogens with two attached hydrogens (primary N) is 2. The molecule has 3 fully saturated rings.